The first kappa shape index (κ1) is 25.0. The van der Waals surface area contributed by atoms with Gasteiger partial charge >= 0.3 is 5.69 Å². The van der Waals surface area contributed by atoms with Gasteiger partial charge in [0.15, 0.2) is 0 Å². The van der Waals surface area contributed by atoms with Crippen LogP contribution < -0.4 is 15.9 Å². The highest BCUT2D eigenvalue weighted by molar-refractivity contribution is 5.94. The largest absolute Gasteiger partial charge is 0.371 e. The molecule has 2 aliphatic heterocycles. The van der Waals surface area contributed by atoms with E-state index in [4.69, 9.17) is 0 Å². The summed E-state index contributed by atoms with van der Waals surface area (Å²) in [5.41, 5.74) is 5.83. The van der Waals surface area contributed by atoms with Gasteiger partial charge in [0.1, 0.15) is 5.69 Å². The van der Waals surface area contributed by atoms with Crippen molar-refractivity contribution in [1.29, 1.82) is 0 Å². The van der Waals surface area contributed by atoms with E-state index < -0.39 is 0 Å². The molecule has 6 rings (SSSR count). The molecule has 1 aliphatic carbocycles. The third kappa shape index (κ3) is 4.92. The van der Waals surface area contributed by atoms with Gasteiger partial charge in [-0.05, 0) is 61.8 Å². The summed E-state index contributed by atoms with van der Waals surface area (Å²) in [5.74, 6) is 0.198. The van der Waals surface area contributed by atoms with E-state index in [0.717, 1.165) is 76.1 Å². The quantitative estimate of drug-likeness (QED) is 0.472. The lowest BCUT2D eigenvalue weighted by Gasteiger charge is -2.36. The zero-order chi connectivity index (χ0) is 26.1. The van der Waals surface area contributed by atoms with Gasteiger partial charge < -0.3 is 20.1 Å². The molecule has 3 heterocycles. The molecular formula is C31H39N5O2. The number of nitrogens with zero attached hydrogens (tertiary/aromatic N) is 3. The number of hydrogen-bond donors (Lipinski definition) is 2. The van der Waals surface area contributed by atoms with Gasteiger partial charge in [0.05, 0.1) is 11.4 Å². The SMILES string of the molecule is CCCCN1CCCc2ccc(-n3c(C4CC4)c(C(=O)N4CCNCC4Cc4ccccc4)[nH]c3=O)cc21. The minimum Gasteiger partial charge on any atom is -0.371 e. The van der Waals surface area contributed by atoms with Gasteiger partial charge in [-0.2, -0.15) is 0 Å². The van der Waals surface area contributed by atoms with Crippen LogP contribution in [0.2, 0.25) is 0 Å². The molecular weight excluding hydrogens is 474 g/mol. The second-order valence-corrected chi connectivity index (χ2v) is 11.1. The lowest BCUT2D eigenvalue weighted by molar-refractivity contribution is 0.0629. The Morgan fingerprint density at radius 2 is 1.92 bits per heavy atom. The number of anilines is 1. The number of fused-ring (bicyclic) bond motifs is 1. The summed E-state index contributed by atoms with van der Waals surface area (Å²) in [4.78, 5) is 35.0. The number of unbranched alkanes of at least 4 members (excludes halogenated alkanes) is 1. The van der Waals surface area contributed by atoms with Crippen LogP contribution in [0.4, 0.5) is 5.69 Å². The predicted octanol–water partition coefficient (Wildman–Crippen LogP) is 4.25. The van der Waals surface area contributed by atoms with Crippen molar-refractivity contribution in [2.24, 2.45) is 0 Å². The second kappa shape index (κ2) is 10.8. The van der Waals surface area contributed by atoms with Crippen LogP contribution in [0.3, 0.4) is 0 Å². The van der Waals surface area contributed by atoms with Crippen LogP contribution in [0.1, 0.15) is 72.3 Å². The van der Waals surface area contributed by atoms with Crippen molar-refractivity contribution in [3.63, 3.8) is 0 Å². The zero-order valence-corrected chi connectivity index (χ0v) is 22.4. The molecule has 7 heteroatoms. The number of rotatable bonds is 8. The van der Waals surface area contributed by atoms with E-state index in [2.05, 4.69) is 52.5 Å². The number of H-pyrrole nitrogens is 1. The molecule has 200 valence electrons. The van der Waals surface area contributed by atoms with Crippen LogP contribution in [0.25, 0.3) is 5.69 Å². The van der Waals surface area contributed by atoms with E-state index in [9.17, 15) is 9.59 Å². The molecule has 0 bridgehead atoms. The molecule has 2 N–H and O–H groups in total. The highest BCUT2D eigenvalue weighted by Crippen LogP contribution is 2.42. The molecule has 1 amide bonds. The fraction of sp³-hybridized carbons (Fsp3) is 0.484. The number of piperazine rings is 1. The lowest BCUT2D eigenvalue weighted by Crippen LogP contribution is -2.54. The lowest BCUT2D eigenvalue weighted by atomic mass is 10.0. The molecule has 0 radical (unpaired) electrons. The number of benzene rings is 2. The first-order valence-electron chi connectivity index (χ1n) is 14.4. The minimum absolute atomic E-state index is 0.0484. The minimum atomic E-state index is -0.208. The standard InChI is InChI=1S/C31H39N5O2/c1-2-3-16-34-17-7-10-23-13-14-25(20-27(23)34)36-29(24-11-12-24)28(33-31(36)38)30(37)35-18-15-32-21-26(35)19-22-8-5-4-6-9-22/h4-6,8-9,13-14,20,24,26,32H,2-3,7,10-12,15-19,21H2,1H3,(H,33,38). The van der Waals surface area contributed by atoms with E-state index in [1.807, 2.05) is 23.1 Å². The van der Waals surface area contributed by atoms with Crippen LogP contribution in [0.5, 0.6) is 0 Å². The third-order valence-corrected chi connectivity index (χ3v) is 8.36. The first-order valence-corrected chi connectivity index (χ1v) is 14.4. The van der Waals surface area contributed by atoms with Gasteiger partial charge in [-0.3, -0.25) is 9.36 Å². The van der Waals surface area contributed by atoms with Crippen molar-refractivity contribution in [3.8, 4) is 5.69 Å². The number of aryl methyl sites for hydroxylation is 1. The number of imidazole rings is 1. The highest BCUT2D eigenvalue weighted by atomic mass is 16.2. The first-order chi connectivity index (χ1) is 18.6. The van der Waals surface area contributed by atoms with Gasteiger partial charge in [-0.1, -0.05) is 49.7 Å². The summed E-state index contributed by atoms with van der Waals surface area (Å²) in [6, 6.07) is 16.8. The van der Waals surface area contributed by atoms with Crippen molar-refractivity contribution >= 4 is 11.6 Å². The summed E-state index contributed by atoms with van der Waals surface area (Å²) in [6.07, 6.45) is 7.39. The van der Waals surface area contributed by atoms with Crippen molar-refractivity contribution in [3.05, 3.63) is 81.5 Å². The molecule has 3 aliphatic rings. The Morgan fingerprint density at radius 1 is 1.08 bits per heavy atom. The van der Waals surface area contributed by atoms with Gasteiger partial charge in [0.25, 0.3) is 5.91 Å². The van der Waals surface area contributed by atoms with Crippen LogP contribution in [0.15, 0.2) is 53.3 Å². The van der Waals surface area contributed by atoms with Crippen molar-refractivity contribution in [1.82, 2.24) is 19.8 Å². The number of carbonyl (C=O) groups is 1. The molecule has 7 nitrogen and oxygen atoms in total. The summed E-state index contributed by atoms with van der Waals surface area (Å²) < 4.78 is 1.80. The molecule has 2 aromatic carbocycles. The summed E-state index contributed by atoms with van der Waals surface area (Å²) >= 11 is 0. The van der Waals surface area contributed by atoms with E-state index in [1.54, 1.807) is 4.57 Å². The number of carbonyl (C=O) groups excluding carboxylic acids is 1. The Hall–Kier alpha value is -3.32. The number of aromatic nitrogens is 2. The number of amides is 1. The van der Waals surface area contributed by atoms with Gasteiger partial charge in [0, 0.05) is 50.4 Å². The Kier molecular flexibility index (Phi) is 7.11. The molecule has 1 saturated heterocycles. The maximum absolute atomic E-state index is 14.1. The third-order valence-electron chi connectivity index (χ3n) is 8.36. The number of nitrogens with one attached hydrogen (secondary N) is 2. The van der Waals surface area contributed by atoms with E-state index >= 15 is 0 Å². The van der Waals surface area contributed by atoms with E-state index in [-0.39, 0.29) is 23.6 Å². The predicted molar refractivity (Wildman–Crippen MR) is 152 cm³/mol. The summed E-state index contributed by atoms with van der Waals surface area (Å²) in [5, 5.41) is 3.46. The normalized spacial score (nSPS) is 19.4. The number of hydrogen-bond acceptors (Lipinski definition) is 4. The zero-order valence-electron chi connectivity index (χ0n) is 22.4. The molecule has 1 unspecified atom stereocenters. The van der Waals surface area contributed by atoms with Crippen molar-refractivity contribution in [2.45, 2.75) is 63.8 Å². The molecule has 38 heavy (non-hydrogen) atoms. The fourth-order valence-electron chi connectivity index (χ4n) is 6.21. The smallest absolute Gasteiger partial charge is 0.330 e. The van der Waals surface area contributed by atoms with Crippen LogP contribution in [0, 0.1) is 0 Å². The van der Waals surface area contributed by atoms with Gasteiger partial charge in [-0.25, -0.2) is 4.79 Å². The Bertz CT molecular complexity index is 1340. The Labute approximate surface area is 224 Å². The average Bonchev–Trinajstić information content (AvgIpc) is 3.73. The molecule has 1 atom stereocenters. The molecule has 1 aromatic heterocycles. The molecule has 2 fully saturated rings. The Morgan fingerprint density at radius 3 is 2.71 bits per heavy atom. The average molecular weight is 514 g/mol. The van der Waals surface area contributed by atoms with Crippen LogP contribution in [-0.2, 0) is 12.8 Å². The topological polar surface area (TPSA) is 73.4 Å². The summed E-state index contributed by atoms with van der Waals surface area (Å²) in [7, 11) is 0. The fourth-order valence-corrected chi connectivity index (χ4v) is 6.21. The number of aromatic amines is 1. The molecule has 3 aromatic rings. The highest BCUT2D eigenvalue weighted by Gasteiger charge is 2.37. The second-order valence-electron chi connectivity index (χ2n) is 11.1. The van der Waals surface area contributed by atoms with Crippen molar-refractivity contribution < 1.29 is 4.79 Å². The molecule has 0 spiro atoms. The van der Waals surface area contributed by atoms with E-state index in [0.29, 0.717) is 12.2 Å². The summed E-state index contributed by atoms with van der Waals surface area (Å²) in [6.45, 7) is 6.48. The monoisotopic (exact) mass is 513 g/mol. The van der Waals surface area contributed by atoms with Crippen molar-refractivity contribution in [2.75, 3.05) is 37.6 Å². The van der Waals surface area contributed by atoms with Gasteiger partial charge in [-0.15, -0.1) is 0 Å². The maximum atomic E-state index is 14.1. The maximum Gasteiger partial charge on any atom is 0.330 e. The molecule has 1 saturated carbocycles. The van der Waals surface area contributed by atoms with Crippen LogP contribution >= 0.6 is 0 Å². The van der Waals surface area contributed by atoms with Crippen LogP contribution in [-0.4, -0.2) is 59.1 Å². The van der Waals surface area contributed by atoms with E-state index in [1.165, 1.54) is 23.2 Å². The van der Waals surface area contributed by atoms with Gasteiger partial charge in [0.2, 0.25) is 0 Å². The Balaban J connectivity index is 1.35.